The number of likely N-dealkylation sites (tertiary alicyclic amines) is 1. The molecule has 8 nitrogen and oxygen atoms in total. The van der Waals surface area contributed by atoms with Crippen LogP contribution in [0.3, 0.4) is 0 Å². The largest absolute Gasteiger partial charge is 0.486 e. The average Bonchev–Trinajstić information content (AvgIpc) is 3.51. The second kappa shape index (κ2) is 6.26. The molecule has 1 atom stereocenters. The number of rotatable bonds is 3. The van der Waals surface area contributed by atoms with Crippen LogP contribution in [0.1, 0.15) is 18.4 Å². The number of benzene rings is 1. The Morgan fingerprint density at radius 3 is 2.69 bits per heavy atom. The number of piperazine rings is 1. The summed E-state index contributed by atoms with van der Waals surface area (Å²) in [5, 5.41) is 0. The normalized spacial score (nSPS) is 27.4. The van der Waals surface area contributed by atoms with Crippen LogP contribution < -0.4 is 9.47 Å². The van der Waals surface area contributed by atoms with Crippen molar-refractivity contribution in [2.45, 2.75) is 31.0 Å². The maximum Gasteiger partial charge on any atom is 0.411 e. The maximum atomic E-state index is 12.4. The minimum absolute atomic E-state index is 0.00390. The van der Waals surface area contributed by atoms with E-state index in [-0.39, 0.29) is 24.0 Å². The first-order valence-electron chi connectivity index (χ1n) is 10.5. The van der Waals surface area contributed by atoms with Gasteiger partial charge in [-0.15, -0.1) is 0 Å². The molecule has 1 unspecified atom stereocenters. The third-order valence-electron chi connectivity index (χ3n) is 6.76. The summed E-state index contributed by atoms with van der Waals surface area (Å²) in [5.41, 5.74) is 0.633. The van der Waals surface area contributed by atoms with Gasteiger partial charge in [-0.05, 0) is 30.5 Å². The lowest BCUT2D eigenvalue weighted by Crippen LogP contribution is -2.72. The molecule has 0 N–H and O–H groups in total. The van der Waals surface area contributed by atoms with Crippen molar-refractivity contribution in [3.8, 4) is 11.5 Å². The Morgan fingerprint density at radius 2 is 1.90 bits per heavy atom. The fourth-order valence-electron chi connectivity index (χ4n) is 5.02. The van der Waals surface area contributed by atoms with E-state index >= 15 is 0 Å². The van der Waals surface area contributed by atoms with E-state index in [0.717, 1.165) is 44.0 Å². The quantitative estimate of drug-likeness (QED) is 0.758. The Hall–Kier alpha value is -2.48. The fraction of sp³-hybridized carbons (Fsp3) is 0.619. The second-order valence-corrected chi connectivity index (χ2v) is 8.82. The van der Waals surface area contributed by atoms with Crippen molar-refractivity contribution < 1.29 is 23.8 Å². The first-order valence-corrected chi connectivity index (χ1v) is 10.5. The van der Waals surface area contributed by atoms with Crippen molar-refractivity contribution in [1.82, 2.24) is 14.7 Å². The number of carbonyl (C=O) groups excluding carboxylic acids is 2. The summed E-state index contributed by atoms with van der Waals surface area (Å²) in [5.74, 6) is 2.04. The summed E-state index contributed by atoms with van der Waals surface area (Å²) in [4.78, 5) is 30.8. The molecule has 1 saturated carbocycles. The van der Waals surface area contributed by atoms with Crippen LogP contribution in [0.15, 0.2) is 18.2 Å². The summed E-state index contributed by atoms with van der Waals surface area (Å²) in [6.07, 6.45) is 1.77. The minimum Gasteiger partial charge on any atom is -0.486 e. The summed E-state index contributed by atoms with van der Waals surface area (Å²) in [6, 6.07) is 6.10. The third kappa shape index (κ3) is 2.84. The lowest BCUT2D eigenvalue weighted by molar-refractivity contribution is -0.157. The van der Waals surface area contributed by atoms with Gasteiger partial charge in [-0.3, -0.25) is 14.6 Å². The molecule has 1 aromatic rings. The standard InChI is InChI=1S/C21H25N3O5/c25-19(15-2-3-15)23-12-21(13-23)18-11-22(5-6-24(18)20(26)29-21)10-14-1-4-16-17(9-14)28-8-7-27-16/h1,4,9,15,18H,2-3,5-8,10-13H2. The van der Waals surface area contributed by atoms with E-state index in [0.29, 0.717) is 32.8 Å². The SMILES string of the molecule is O=C(C1CC1)N1CC2(C1)OC(=O)N1CCN(Cc3ccc4c(c3)OCCO4)CC12. The summed E-state index contributed by atoms with van der Waals surface area (Å²) >= 11 is 0. The van der Waals surface area contributed by atoms with Gasteiger partial charge in [-0.2, -0.15) is 0 Å². The highest BCUT2D eigenvalue weighted by Crippen LogP contribution is 2.42. The van der Waals surface area contributed by atoms with Gasteiger partial charge in [0.2, 0.25) is 5.91 Å². The van der Waals surface area contributed by atoms with Gasteiger partial charge in [-0.1, -0.05) is 6.07 Å². The molecule has 0 radical (unpaired) electrons. The minimum atomic E-state index is -0.535. The molecule has 4 heterocycles. The monoisotopic (exact) mass is 399 g/mol. The number of nitrogens with zero attached hydrogens (tertiary/aromatic N) is 3. The first kappa shape index (κ1) is 17.4. The van der Waals surface area contributed by atoms with Crippen molar-refractivity contribution in [3.63, 3.8) is 0 Å². The van der Waals surface area contributed by atoms with E-state index < -0.39 is 5.60 Å². The van der Waals surface area contributed by atoms with Crippen molar-refractivity contribution in [2.75, 3.05) is 45.9 Å². The zero-order chi connectivity index (χ0) is 19.6. The number of amides is 2. The number of carbonyl (C=O) groups is 2. The molecule has 0 aromatic heterocycles. The van der Waals surface area contributed by atoms with Gasteiger partial charge >= 0.3 is 6.09 Å². The van der Waals surface area contributed by atoms with E-state index in [2.05, 4.69) is 11.0 Å². The van der Waals surface area contributed by atoms with E-state index in [1.54, 1.807) is 0 Å². The van der Waals surface area contributed by atoms with Crippen LogP contribution in [0.25, 0.3) is 0 Å². The number of hydrogen-bond donors (Lipinski definition) is 0. The highest BCUT2D eigenvalue weighted by atomic mass is 16.6. The van der Waals surface area contributed by atoms with Crippen LogP contribution >= 0.6 is 0 Å². The highest BCUT2D eigenvalue weighted by Gasteiger charge is 2.63. The van der Waals surface area contributed by atoms with E-state index in [1.165, 1.54) is 5.56 Å². The van der Waals surface area contributed by atoms with Crippen LogP contribution in [0.5, 0.6) is 11.5 Å². The molecule has 0 bridgehead atoms. The van der Waals surface area contributed by atoms with Gasteiger partial charge in [0.1, 0.15) is 13.2 Å². The molecule has 1 aliphatic carbocycles. The maximum absolute atomic E-state index is 12.4. The zero-order valence-electron chi connectivity index (χ0n) is 16.3. The zero-order valence-corrected chi connectivity index (χ0v) is 16.3. The summed E-state index contributed by atoms with van der Waals surface area (Å²) in [7, 11) is 0. The van der Waals surface area contributed by atoms with Gasteiger partial charge in [0.15, 0.2) is 17.1 Å². The van der Waals surface area contributed by atoms with Crippen molar-refractivity contribution in [2.24, 2.45) is 5.92 Å². The molecule has 1 aromatic carbocycles. The Morgan fingerprint density at radius 1 is 1.10 bits per heavy atom. The molecule has 3 saturated heterocycles. The lowest BCUT2D eigenvalue weighted by Gasteiger charge is -2.51. The Labute approximate surface area is 169 Å². The predicted octanol–water partition coefficient (Wildman–Crippen LogP) is 1.09. The fourth-order valence-corrected chi connectivity index (χ4v) is 5.02. The van der Waals surface area contributed by atoms with Gasteiger partial charge < -0.3 is 19.1 Å². The molecule has 29 heavy (non-hydrogen) atoms. The lowest BCUT2D eigenvalue weighted by atomic mass is 9.84. The molecule has 8 heteroatoms. The summed E-state index contributed by atoms with van der Waals surface area (Å²) in [6.45, 7) is 5.25. The van der Waals surface area contributed by atoms with Gasteiger partial charge in [0.25, 0.3) is 0 Å². The summed E-state index contributed by atoms with van der Waals surface area (Å²) < 4.78 is 17.1. The first-order chi connectivity index (χ1) is 14.1. The predicted molar refractivity (Wildman–Crippen MR) is 102 cm³/mol. The van der Waals surface area contributed by atoms with E-state index in [1.807, 2.05) is 21.9 Å². The van der Waals surface area contributed by atoms with Crippen molar-refractivity contribution >= 4 is 12.0 Å². The molecule has 154 valence electrons. The number of fused-ring (bicyclic) bond motifs is 3. The number of hydrogen-bond acceptors (Lipinski definition) is 6. The smallest absolute Gasteiger partial charge is 0.411 e. The molecule has 4 aliphatic heterocycles. The second-order valence-electron chi connectivity index (χ2n) is 8.82. The molecule has 5 aliphatic rings. The average molecular weight is 399 g/mol. The van der Waals surface area contributed by atoms with Crippen LogP contribution in [-0.2, 0) is 16.1 Å². The molecule has 6 rings (SSSR count). The van der Waals surface area contributed by atoms with Crippen LogP contribution in [0.4, 0.5) is 4.79 Å². The molecule has 2 amide bonds. The topological polar surface area (TPSA) is 71.6 Å². The molecular formula is C21H25N3O5. The van der Waals surface area contributed by atoms with E-state index in [4.69, 9.17) is 14.2 Å². The van der Waals surface area contributed by atoms with Crippen LogP contribution in [0, 0.1) is 5.92 Å². The molecular weight excluding hydrogens is 374 g/mol. The van der Waals surface area contributed by atoms with Crippen LogP contribution in [0.2, 0.25) is 0 Å². The molecule has 4 fully saturated rings. The molecule has 1 spiro atoms. The highest BCUT2D eigenvalue weighted by molar-refractivity contribution is 5.83. The van der Waals surface area contributed by atoms with E-state index in [9.17, 15) is 9.59 Å². The van der Waals surface area contributed by atoms with Gasteiger partial charge in [-0.25, -0.2) is 4.79 Å². The Balaban J connectivity index is 1.15. The Bertz CT molecular complexity index is 864. The third-order valence-corrected chi connectivity index (χ3v) is 6.76. The van der Waals surface area contributed by atoms with Crippen molar-refractivity contribution in [3.05, 3.63) is 23.8 Å². The number of ether oxygens (including phenoxy) is 3. The van der Waals surface area contributed by atoms with Crippen LogP contribution in [-0.4, -0.2) is 84.3 Å². The van der Waals surface area contributed by atoms with Gasteiger partial charge in [0, 0.05) is 32.1 Å². The Kier molecular flexibility index (Phi) is 3.75. The van der Waals surface area contributed by atoms with Gasteiger partial charge in [0.05, 0.1) is 19.1 Å². The van der Waals surface area contributed by atoms with Crippen molar-refractivity contribution in [1.29, 1.82) is 0 Å².